The Morgan fingerprint density at radius 1 is 1.00 bits per heavy atom. The Balaban J connectivity index is 1.94. The van der Waals surface area contributed by atoms with Crippen LogP contribution in [0.3, 0.4) is 0 Å². The zero-order valence-electron chi connectivity index (χ0n) is 15.3. The lowest BCUT2D eigenvalue weighted by Gasteiger charge is -2.23. The predicted molar refractivity (Wildman–Crippen MR) is 109 cm³/mol. The summed E-state index contributed by atoms with van der Waals surface area (Å²) in [7, 11) is -3.87. The van der Waals surface area contributed by atoms with E-state index >= 15 is 0 Å². The van der Waals surface area contributed by atoms with Gasteiger partial charge in [0.05, 0.1) is 24.6 Å². The highest BCUT2D eigenvalue weighted by atomic mass is 32.2. The topological polar surface area (TPSA) is 74.9 Å². The average molecular weight is 393 g/mol. The molecular weight excluding hydrogens is 374 g/mol. The molecular formula is C21H19N3O3S. The number of benzene rings is 2. The molecule has 3 rings (SSSR count). The smallest absolute Gasteiger partial charge is 0.265 e. The average Bonchev–Trinajstić information content (AvgIpc) is 2.72. The number of sulfonamides is 1. The van der Waals surface area contributed by atoms with Crippen molar-refractivity contribution in [2.75, 3.05) is 17.5 Å². The van der Waals surface area contributed by atoms with Gasteiger partial charge in [-0.05, 0) is 42.3 Å². The molecule has 6 nitrogen and oxygen atoms in total. The number of nitrogens with zero attached hydrogens (tertiary/aromatic N) is 3. The van der Waals surface area contributed by atoms with Gasteiger partial charge in [0, 0.05) is 5.69 Å². The van der Waals surface area contributed by atoms with E-state index in [0.29, 0.717) is 11.4 Å². The number of aromatic nitrogens is 1. The third kappa shape index (κ3) is 4.03. The number of aryl methyl sites for hydroxylation is 1. The summed E-state index contributed by atoms with van der Waals surface area (Å²) >= 11 is 0. The van der Waals surface area contributed by atoms with E-state index in [1.54, 1.807) is 49.4 Å². The van der Waals surface area contributed by atoms with Crippen LogP contribution in [0.5, 0.6) is 0 Å². The molecule has 2 aromatic carbocycles. The van der Waals surface area contributed by atoms with Gasteiger partial charge in [0.15, 0.2) is 5.69 Å². The SMILES string of the molecule is [C-]#[N+]c1ccc(-c2ccc(S(=O)(=O)N(CCO)c3cccc(C)n3)cc2)cc1. The minimum Gasteiger partial charge on any atom is -0.394 e. The van der Waals surface area contributed by atoms with Crippen LogP contribution >= 0.6 is 0 Å². The standard InChI is InChI=1S/C21H19N3O3S/c1-16-4-3-5-21(23-16)24(14-15-25)28(26,27)20-12-8-18(9-13-20)17-6-10-19(22-2)11-7-17/h3-13,25H,14-15H2,1H3. The number of aliphatic hydroxyl groups is 1. The van der Waals surface area contributed by atoms with Crippen molar-refractivity contribution in [1.82, 2.24) is 4.98 Å². The molecule has 0 radical (unpaired) electrons. The zero-order chi connectivity index (χ0) is 20.1. The highest BCUT2D eigenvalue weighted by Gasteiger charge is 2.25. The van der Waals surface area contributed by atoms with E-state index in [1.165, 1.54) is 12.1 Å². The maximum absolute atomic E-state index is 13.1. The number of aliphatic hydroxyl groups excluding tert-OH is 1. The molecule has 1 aromatic heterocycles. The number of anilines is 1. The molecule has 0 aliphatic heterocycles. The number of hydrogen-bond donors (Lipinski definition) is 1. The fourth-order valence-corrected chi connectivity index (χ4v) is 4.20. The molecule has 3 aromatic rings. The quantitative estimate of drug-likeness (QED) is 0.647. The van der Waals surface area contributed by atoms with Crippen LogP contribution in [0.4, 0.5) is 11.5 Å². The molecule has 0 spiro atoms. The lowest BCUT2D eigenvalue weighted by molar-refractivity contribution is 0.306. The largest absolute Gasteiger partial charge is 0.394 e. The fourth-order valence-electron chi connectivity index (χ4n) is 2.79. The van der Waals surface area contributed by atoms with E-state index < -0.39 is 10.0 Å². The molecule has 142 valence electrons. The van der Waals surface area contributed by atoms with Gasteiger partial charge in [-0.2, -0.15) is 0 Å². The van der Waals surface area contributed by atoms with Crippen molar-refractivity contribution in [1.29, 1.82) is 0 Å². The first-order valence-corrected chi connectivity index (χ1v) is 10.0. The van der Waals surface area contributed by atoms with Gasteiger partial charge in [0.2, 0.25) is 0 Å². The number of rotatable bonds is 6. The molecule has 0 saturated carbocycles. The zero-order valence-corrected chi connectivity index (χ0v) is 16.1. The molecule has 0 unspecified atom stereocenters. The maximum atomic E-state index is 13.1. The second-order valence-corrected chi connectivity index (χ2v) is 7.98. The van der Waals surface area contributed by atoms with Crippen molar-refractivity contribution in [3.63, 3.8) is 0 Å². The molecule has 28 heavy (non-hydrogen) atoms. The monoisotopic (exact) mass is 393 g/mol. The number of pyridine rings is 1. The van der Waals surface area contributed by atoms with Crippen LogP contribution in [0.25, 0.3) is 16.0 Å². The normalized spacial score (nSPS) is 11.0. The lowest BCUT2D eigenvalue weighted by atomic mass is 10.1. The Bertz CT molecular complexity index is 1100. The van der Waals surface area contributed by atoms with E-state index in [4.69, 9.17) is 6.57 Å². The van der Waals surface area contributed by atoms with Crippen LogP contribution in [-0.2, 0) is 10.0 Å². The second kappa shape index (κ2) is 8.21. The Hall–Kier alpha value is -3.21. The minimum atomic E-state index is -3.87. The summed E-state index contributed by atoms with van der Waals surface area (Å²) in [5.41, 5.74) is 2.98. The van der Waals surface area contributed by atoms with E-state index in [0.717, 1.165) is 15.4 Å². The van der Waals surface area contributed by atoms with Crippen molar-refractivity contribution in [2.24, 2.45) is 0 Å². The Morgan fingerprint density at radius 2 is 1.61 bits per heavy atom. The van der Waals surface area contributed by atoms with Crippen LogP contribution < -0.4 is 4.31 Å². The van der Waals surface area contributed by atoms with Gasteiger partial charge >= 0.3 is 0 Å². The Kier molecular flexibility index (Phi) is 5.73. The van der Waals surface area contributed by atoms with E-state index in [9.17, 15) is 13.5 Å². The van der Waals surface area contributed by atoms with E-state index in [1.807, 2.05) is 12.1 Å². The lowest BCUT2D eigenvalue weighted by Crippen LogP contribution is -2.34. The van der Waals surface area contributed by atoms with Crippen LogP contribution in [-0.4, -0.2) is 31.7 Å². The fraction of sp³-hybridized carbons (Fsp3) is 0.143. The van der Waals surface area contributed by atoms with Gasteiger partial charge < -0.3 is 5.11 Å². The molecule has 0 atom stereocenters. The molecule has 1 N–H and O–H groups in total. The molecule has 1 heterocycles. The Labute approximate surface area is 164 Å². The third-order valence-electron chi connectivity index (χ3n) is 4.20. The van der Waals surface area contributed by atoms with Gasteiger partial charge in [-0.1, -0.05) is 42.5 Å². The molecule has 0 amide bonds. The van der Waals surface area contributed by atoms with E-state index in [2.05, 4.69) is 9.83 Å². The summed E-state index contributed by atoms with van der Waals surface area (Å²) in [6.07, 6.45) is 0. The van der Waals surface area contributed by atoms with Crippen molar-refractivity contribution in [2.45, 2.75) is 11.8 Å². The third-order valence-corrected chi connectivity index (χ3v) is 6.02. The van der Waals surface area contributed by atoms with Gasteiger partial charge in [0.25, 0.3) is 10.0 Å². The molecule has 0 saturated heterocycles. The molecule has 7 heteroatoms. The molecule has 0 bridgehead atoms. The van der Waals surface area contributed by atoms with Gasteiger partial charge in [-0.25, -0.2) is 22.6 Å². The van der Waals surface area contributed by atoms with Gasteiger partial charge in [-0.15, -0.1) is 0 Å². The highest BCUT2D eigenvalue weighted by molar-refractivity contribution is 7.92. The Morgan fingerprint density at radius 3 is 2.14 bits per heavy atom. The molecule has 0 aliphatic rings. The van der Waals surface area contributed by atoms with Crippen LogP contribution in [0.2, 0.25) is 0 Å². The summed E-state index contributed by atoms with van der Waals surface area (Å²) in [5, 5.41) is 9.36. The maximum Gasteiger partial charge on any atom is 0.265 e. The first kappa shape index (κ1) is 19.5. The summed E-state index contributed by atoms with van der Waals surface area (Å²) < 4.78 is 27.3. The summed E-state index contributed by atoms with van der Waals surface area (Å²) in [4.78, 5) is 7.76. The van der Waals surface area contributed by atoms with E-state index in [-0.39, 0.29) is 23.9 Å². The minimum absolute atomic E-state index is 0.0847. The van der Waals surface area contributed by atoms with Gasteiger partial charge in [0.1, 0.15) is 5.82 Å². The summed E-state index contributed by atoms with van der Waals surface area (Å²) in [6.45, 7) is 8.38. The van der Waals surface area contributed by atoms with Crippen molar-refractivity contribution in [3.05, 3.63) is 83.8 Å². The van der Waals surface area contributed by atoms with Crippen molar-refractivity contribution in [3.8, 4) is 11.1 Å². The highest BCUT2D eigenvalue weighted by Crippen LogP contribution is 2.26. The summed E-state index contributed by atoms with van der Waals surface area (Å²) in [6, 6.07) is 18.7. The molecule has 0 fully saturated rings. The predicted octanol–water partition coefficient (Wildman–Crippen LogP) is 3.80. The number of hydrogen-bond acceptors (Lipinski definition) is 4. The van der Waals surface area contributed by atoms with Crippen molar-refractivity contribution >= 4 is 21.5 Å². The van der Waals surface area contributed by atoms with Crippen LogP contribution in [0.1, 0.15) is 5.69 Å². The molecule has 0 aliphatic carbocycles. The summed E-state index contributed by atoms with van der Waals surface area (Å²) in [5.74, 6) is 0.271. The first-order valence-electron chi connectivity index (χ1n) is 8.61. The van der Waals surface area contributed by atoms with Crippen molar-refractivity contribution < 1.29 is 13.5 Å². The van der Waals surface area contributed by atoms with Crippen LogP contribution in [0, 0.1) is 13.5 Å². The second-order valence-electron chi connectivity index (χ2n) is 6.12. The first-order chi connectivity index (χ1) is 13.5. The van der Waals surface area contributed by atoms with Crippen LogP contribution in [0.15, 0.2) is 71.6 Å². The van der Waals surface area contributed by atoms with Gasteiger partial charge in [-0.3, -0.25) is 0 Å².